The summed E-state index contributed by atoms with van der Waals surface area (Å²) < 4.78 is 5.71. The van der Waals surface area contributed by atoms with Gasteiger partial charge in [-0.3, -0.25) is 9.59 Å². The Kier molecular flexibility index (Phi) is 4.70. The highest BCUT2D eigenvalue weighted by Gasteiger charge is 2.41. The van der Waals surface area contributed by atoms with Gasteiger partial charge in [0.25, 0.3) is 0 Å². The second kappa shape index (κ2) is 7.02. The molecule has 0 unspecified atom stereocenters. The van der Waals surface area contributed by atoms with E-state index in [0.29, 0.717) is 19.5 Å². The smallest absolute Gasteiger partial charge is 0.227 e. The number of amides is 2. The highest BCUT2D eigenvalue weighted by molar-refractivity contribution is 5.90. The average Bonchev–Trinajstić information content (AvgIpc) is 2.83. The van der Waals surface area contributed by atoms with Crippen LogP contribution in [0.3, 0.4) is 0 Å². The highest BCUT2D eigenvalue weighted by atomic mass is 16.3. The van der Waals surface area contributed by atoms with Gasteiger partial charge in [-0.2, -0.15) is 0 Å². The number of carbonyl (C=O) groups excluding carboxylic acids is 2. The second-order valence-electron chi connectivity index (χ2n) is 8.15. The third kappa shape index (κ3) is 3.24. The quantitative estimate of drug-likeness (QED) is 0.831. The van der Waals surface area contributed by atoms with Gasteiger partial charge in [-0.05, 0) is 50.3 Å². The first-order chi connectivity index (χ1) is 13.0. The molecule has 0 aliphatic carbocycles. The van der Waals surface area contributed by atoms with Crippen LogP contribution in [0, 0.1) is 19.8 Å². The number of benzene rings is 1. The van der Waals surface area contributed by atoms with Crippen molar-refractivity contribution in [2.75, 3.05) is 19.6 Å². The van der Waals surface area contributed by atoms with Crippen LogP contribution in [0.5, 0.6) is 0 Å². The summed E-state index contributed by atoms with van der Waals surface area (Å²) in [6, 6.07) is 4.31. The molecule has 2 amide bonds. The second-order valence-corrected chi connectivity index (χ2v) is 8.15. The van der Waals surface area contributed by atoms with Gasteiger partial charge in [0.05, 0.1) is 18.6 Å². The van der Waals surface area contributed by atoms with Gasteiger partial charge in [-0.1, -0.05) is 13.0 Å². The summed E-state index contributed by atoms with van der Waals surface area (Å²) in [5.41, 5.74) is 4.09. The van der Waals surface area contributed by atoms with Crippen molar-refractivity contribution >= 4 is 22.8 Å². The molecule has 3 saturated heterocycles. The molecule has 144 valence electrons. The number of fused-ring (bicyclic) bond motifs is 5. The molecule has 27 heavy (non-hydrogen) atoms. The van der Waals surface area contributed by atoms with E-state index in [1.165, 1.54) is 0 Å². The van der Waals surface area contributed by atoms with Crippen LogP contribution in [0.2, 0.25) is 0 Å². The Bertz CT molecular complexity index is 885. The van der Waals surface area contributed by atoms with Crippen molar-refractivity contribution in [2.24, 2.45) is 5.92 Å². The molecular formula is C22H28N2O3. The highest BCUT2D eigenvalue weighted by Crippen LogP contribution is 2.31. The molecule has 5 nitrogen and oxygen atoms in total. The molecule has 1 aromatic carbocycles. The van der Waals surface area contributed by atoms with E-state index in [1.807, 2.05) is 22.8 Å². The van der Waals surface area contributed by atoms with Crippen LogP contribution in [-0.2, 0) is 16.0 Å². The van der Waals surface area contributed by atoms with Crippen LogP contribution in [0.15, 0.2) is 22.8 Å². The van der Waals surface area contributed by atoms with Gasteiger partial charge in [-0.25, -0.2) is 0 Å². The first-order valence-electron chi connectivity index (χ1n) is 10.0. The minimum Gasteiger partial charge on any atom is -0.464 e. The maximum atomic E-state index is 13.1. The fraction of sp³-hybridized carbons (Fsp3) is 0.545. The van der Waals surface area contributed by atoms with Gasteiger partial charge in [0.1, 0.15) is 5.58 Å². The summed E-state index contributed by atoms with van der Waals surface area (Å²) >= 11 is 0. The van der Waals surface area contributed by atoms with Gasteiger partial charge in [0.15, 0.2) is 0 Å². The normalized spacial score (nSPS) is 22.6. The first kappa shape index (κ1) is 18.1. The Morgan fingerprint density at radius 2 is 2.04 bits per heavy atom. The lowest BCUT2D eigenvalue weighted by atomic mass is 9.94. The molecule has 1 aromatic heterocycles. The Morgan fingerprint density at radius 1 is 1.22 bits per heavy atom. The van der Waals surface area contributed by atoms with Crippen molar-refractivity contribution in [1.29, 1.82) is 0 Å². The third-order valence-electron chi connectivity index (χ3n) is 6.05. The average molecular weight is 368 g/mol. The maximum Gasteiger partial charge on any atom is 0.227 e. The van der Waals surface area contributed by atoms with E-state index < -0.39 is 0 Å². The predicted molar refractivity (Wildman–Crippen MR) is 104 cm³/mol. The number of carbonyl (C=O) groups is 2. The molecule has 4 heterocycles. The van der Waals surface area contributed by atoms with Gasteiger partial charge >= 0.3 is 0 Å². The molecule has 5 rings (SSSR count). The van der Waals surface area contributed by atoms with Crippen LogP contribution in [-0.4, -0.2) is 47.3 Å². The predicted octanol–water partition coefficient (Wildman–Crippen LogP) is 3.45. The van der Waals surface area contributed by atoms with Gasteiger partial charge in [-0.15, -0.1) is 0 Å². The van der Waals surface area contributed by atoms with E-state index in [1.54, 1.807) is 6.26 Å². The lowest BCUT2D eigenvalue weighted by molar-refractivity contribution is -0.139. The maximum absolute atomic E-state index is 13.1. The summed E-state index contributed by atoms with van der Waals surface area (Å²) in [7, 11) is 0. The number of rotatable bonds is 4. The lowest BCUT2D eigenvalue weighted by Crippen LogP contribution is -2.48. The molecule has 2 aromatic rings. The molecule has 2 atom stereocenters. The molecule has 5 heteroatoms. The summed E-state index contributed by atoms with van der Waals surface area (Å²) in [4.78, 5) is 29.7. The van der Waals surface area contributed by atoms with Crippen molar-refractivity contribution in [1.82, 2.24) is 9.80 Å². The minimum absolute atomic E-state index is 0.0373. The summed E-state index contributed by atoms with van der Waals surface area (Å²) in [5.74, 6) is 0.300. The summed E-state index contributed by atoms with van der Waals surface area (Å²) in [6.07, 6.45) is 4.92. The molecule has 3 fully saturated rings. The first-order valence-corrected chi connectivity index (χ1v) is 10.0. The van der Waals surface area contributed by atoms with E-state index in [4.69, 9.17) is 4.42 Å². The van der Waals surface area contributed by atoms with E-state index in [-0.39, 0.29) is 23.8 Å². The topological polar surface area (TPSA) is 53.8 Å². The Hall–Kier alpha value is -2.30. The Balaban J connectivity index is 1.55. The van der Waals surface area contributed by atoms with Crippen molar-refractivity contribution in [3.8, 4) is 0 Å². The van der Waals surface area contributed by atoms with Crippen molar-refractivity contribution in [3.63, 3.8) is 0 Å². The molecular weight excluding hydrogens is 340 g/mol. The number of aryl methyl sites for hydroxylation is 2. The van der Waals surface area contributed by atoms with E-state index in [0.717, 1.165) is 53.5 Å². The molecule has 3 aliphatic heterocycles. The minimum atomic E-state index is -0.0373. The summed E-state index contributed by atoms with van der Waals surface area (Å²) in [5, 5.41) is 1.05. The van der Waals surface area contributed by atoms with Crippen LogP contribution in [0.25, 0.3) is 11.0 Å². The molecule has 0 radical (unpaired) electrons. The van der Waals surface area contributed by atoms with Gasteiger partial charge in [0, 0.05) is 36.6 Å². The van der Waals surface area contributed by atoms with Gasteiger partial charge < -0.3 is 14.2 Å². The van der Waals surface area contributed by atoms with Crippen molar-refractivity contribution < 1.29 is 14.0 Å². The number of hydrogen-bond donors (Lipinski definition) is 0. The van der Waals surface area contributed by atoms with Crippen LogP contribution >= 0.6 is 0 Å². The molecule has 2 bridgehead atoms. The zero-order valence-corrected chi connectivity index (χ0v) is 16.5. The van der Waals surface area contributed by atoms with E-state index in [9.17, 15) is 9.59 Å². The van der Waals surface area contributed by atoms with Crippen LogP contribution in [0.4, 0.5) is 0 Å². The fourth-order valence-corrected chi connectivity index (χ4v) is 4.81. The summed E-state index contributed by atoms with van der Waals surface area (Å²) in [6.45, 7) is 8.23. The Labute approximate surface area is 160 Å². The van der Waals surface area contributed by atoms with Crippen LogP contribution < -0.4 is 0 Å². The van der Waals surface area contributed by atoms with Gasteiger partial charge in [0.2, 0.25) is 11.8 Å². The third-order valence-corrected chi connectivity index (χ3v) is 6.05. The zero-order chi connectivity index (χ0) is 19.1. The zero-order valence-electron chi connectivity index (χ0n) is 16.5. The standard InChI is InChI=1S/C22H28N2O3/c1-4-7-24-18-6-5-16(22(24)26)11-23(12-18)20(25)10-17-13-27-19-9-14(2)8-15(3)21(17)19/h8-9,13,16,18H,4-7,10-12H2,1-3H3/t16-,18+/m0/s1. The molecule has 0 spiro atoms. The number of nitrogens with zero attached hydrogens (tertiary/aromatic N) is 2. The Morgan fingerprint density at radius 3 is 2.81 bits per heavy atom. The monoisotopic (exact) mass is 368 g/mol. The van der Waals surface area contributed by atoms with Crippen molar-refractivity contribution in [2.45, 2.75) is 52.5 Å². The number of hydrogen-bond acceptors (Lipinski definition) is 3. The number of furan rings is 1. The van der Waals surface area contributed by atoms with E-state index >= 15 is 0 Å². The molecule has 0 N–H and O–H groups in total. The number of piperidine rings is 1. The molecule has 0 saturated carbocycles. The fourth-order valence-electron chi connectivity index (χ4n) is 4.81. The van der Waals surface area contributed by atoms with Crippen molar-refractivity contribution in [3.05, 3.63) is 35.1 Å². The largest absolute Gasteiger partial charge is 0.464 e. The van der Waals surface area contributed by atoms with E-state index in [2.05, 4.69) is 19.9 Å². The molecule has 3 aliphatic rings. The lowest BCUT2D eigenvalue weighted by Gasteiger charge is -2.35. The SMILES string of the molecule is CCCN1C(=O)[C@H]2CC[C@@H]1CN(C(=O)Cc1coc3cc(C)cc(C)c13)C2. The van der Waals surface area contributed by atoms with Crippen LogP contribution in [0.1, 0.15) is 42.9 Å².